The van der Waals surface area contributed by atoms with Crippen LogP contribution in [0.5, 0.6) is 0 Å². The first-order valence-electron chi connectivity index (χ1n) is 5.17. The molecule has 0 spiro atoms. The summed E-state index contributed by atoms with van der Waals surface area (Å²) in [6.45, 7) is 4.05. The maximum Gasteiger partial charge on any atom is 0.313 e. The molecule has 96 valence electrons. The number of rotatable bonds is 5. The Labute approximate surface area is 111 Å². The molecule has 0 aliphatic rings. The molecule has 7 nitrogen and oxygen atoms in total. The van der Waals surface area contributed by atoms with E-state index in [-0.39, 0.29) is 11.7 Å². The van der Waals surface area contributed by atoms with E-state index in [1.165, 1.54) is 11.5 Å². The summed E-state index contributed by atoms with van der Waals surface area (Å²) in [6.07, 6.45) is 0. The second-order valence-corrected chi connectivity index (χ2v) is 5.49. The molecule has 0 aromatic carbocycles. The summed E-state index contributed by atoms with van der Waals surface area (Å²) < 4.78 is 3.91. The first-order valence-corrected chi connectivity index (χ1v) is 6.93. The van der Waals surface area contributed by atoms with Gasteiger partial charge in [-0.3, -0.25) is 9.89 Å². The predicted molar refractivity (Wildman–Crippen MR) is 67.7 cm³/mol. The second-order valence-electron chi connectivity index (χ2n) is 3.79. The highest BCUT2D eigenvalue weighted by molar-refractivity contribution is 7.99. The van der Waals surface area contributed by atoms with Crippen LogP contribution in [0.4, 0.5) is 0 Å². The first kappa shape index (κ1) is 13.0. The Bertz CT molecular complexity index is 551. The van der Waals surface area contributed by atoms with Crippen molar-refractivity contribution in [3.63, 3.8) is 0 Å². The average molecular weight is 285 g/mol. The van der Waals surface area contributed by atoms with Crippen LogP contribution in [0.15, 0.2) is 5.16 Å². The Balaban J connectivity index is 2.19. The molecule has 0 atom stereocenters. The normalized spacial score (nSPS) is 11.1. The summed E-state index contributed by atoms with van der Waals surface area (Å²) in [6, 6.07) is 0. The van der Waals surface area contributed by atoms with Crippen LogP contribution in [-0.2, 0) is 4.79 Å². The lowest BCUT2D eigenvalue weighted by Crippen LogP contribution is -1.97. The Morgan fingerprint density at radius 3 is 3.00 bits per heavy atom. The third-order valence-corrected chi connectivity index (χ3v) is 3.65. The number of carboxylic acid groups (broad SMARTS) is 1. The molecule has 2 aromatic heterocycles. The summed E-state index contributed by atoms with van der Waals surface area (Å²) in [7, 11) is 0. The molecular formula is C9H11N5O2S2. The minimum absolute atomic E-state index is 0.0602. The highest BCUT2D eigenvalue weighted by atomic mass is 32.2. The summed E-state index contributed by atoms with van der Waals surface area (Å²) in [5.74, 6) is -0.121. The van der Waals surface area contributed by atoms with Gasteiger partial charge >= 0.3 is 5.97 Å². The van der Waals surface area contributed by atoms with Crippen molar-refractivity contribution in [2.45, 2.75) is 24.9 Å². The van der Waals surface area contributed by atoms with Crippen LogP contribution in [-0.4, -0.2) is 41.6 Å². The molecule has 18 heavy (non-hydrogen) atoms. The lowest BCUT2D eigenvalue weighted by molar-refractivity contribution is -0.133. The van der Waals surface area contributed by atoms with E-state index in [2.05, 4.69) is 24.8 Å². The number of thioether (sulfide) groups is 1. The number of aromatic amines is 1. The zero-order valence-corrected chi connectivity index (χ0v) is 11.4. The van der Waals surface area contributed by atoms with Gasteiger partial charge in [-0.05, 0) is 17.5 Å². The number of nitrogens with one attached hydrogen (secondary N) is 1. The fraction of sp³-hybridized carbons (Fsp3) is 0.444. The van der Waals surface area contributed by atoms with Crippen molar-refractivity contribution >= 4 is 29.3 Å². The lowest BCUT2D eigenvalue weighted by Gasteiger charge is -1.99. The highest BCUT2D eigenvalue weighted by Gasteiger charge is 2.17. The summed E-state index contributed by atoms with van der Waals surface area (Å²) in [5.41, 5.74) is 0.867. The topological polar surface area (TPSA) is 105 Å². The van der Waals surface area contributed by atoms with Crippen molar-refractivity contribution in [2.75, 3.05) is 5.75 Å². The van der Waals surface area contributed by atoms with Crippen molar-refractivity contribution in [1.82, 2.24) is 24.8 Å². The SMILES string of the molecule is CC(C)c1nnsc1-c1nc(SCC(=O)O)n[nH]1. The van der Waals surface area contributed by atoms with Crippen molar-refractivity contribution in [3.05, 3.63) is 5.69 Å². The number of aromatic nitrogens is 5. The van der Waals surface area contributed by atoms with E-state index < -0.39 is 5.97 Å². The van der Waals surface area contributed by atoms with Crippen LogP contribution in [0, 0.1) is 0 Å². The third kappa shape index (κ3) is 2.85. The molecule has 2 aromatic rings. The van der Waals surface area contributed by atoms with Crippen molar-refractivity contribution in [1.29, 1.82) is 0 Å². The minimum atomic E-state index is -0.895. The molecule has 0 unspecified atom stereocenters. The standard InChI is InChI=1S/C9H11N5O2S2/c1-4(2)6-7(18-14-11-6)8-10-9(13-12-8)17-3-5(15)16/h4H,3H2,1-2H3,(H,15,16)(H,10,12,13). The number of hydrogen-bond donors (Lipinski definition) is 2. The monoisotopic (exact) mass is 285 g/mol. The molecule has 0 aliphatic carbocycles. The Hall–Kier alpha value is -1.48. The van der Waals surface area contributed by atoms with Crippen LogP contribution in [0.2, 0.25) is 0 Å². The average Bonchev–Trinajstić information content (AvgIpc) is 2.94. The smallest absolute Gasteiger partial charge is 0.313 e. The second kappa shape index (κ2) is 5.44. The van der Waals surface area contributed by atoms with Gasteiger partial charge in [0.25, 0.3) is 0 Å². The van der Waals surface area contributed by atoms with Gasteiger partial charge in [-0.25, -0.2) is 4.98 Å². The molecule has 0 saturated carbocycles. The van der Waals surface area contributed by atoms with E-state index in [0.29, 0.717) is 11.0 Å². The number of carboxylic acids is 1. The van der Waals surface area contributed by atoms with Gasteiger partial charge in [0.1, 0.15) is 4.88 Å². The molecule has 2 heterocycles. The van der Waals surface area contributed by atoms with Gasteiger partial charge in [0.15, 0.2) is 5.82 Å². The third-order valence-electron chi connectivity index (χ3n) is 2.06. The number of carbonyl (C=O) groups is 1. The van der Waals surface area contributed by atoms with Gasteiger partial charge in [-0.15, -0.1) is 10.2 Å². The fourth-order valence-electron chi connectivity index (χ4n) is 1.28. The molecule has 0 aliphatic heterocycles. The predicted octanol–water partition coefficient (Wildman–Crippen LogP) is 1.62. The van der Waals surface area contributed by atoms with Crippen LogP contribution < -0.4 is 0 Å². The Morgan fingerprint density at radius 2 is 2.33 bits per heavy atom. The van der Waals surface area contributed by atoms with Gasteiger partial charge in [0, 0.05) is 0 Å². The molecule has 0 radical (unpaired) electrons. The molecular weight excluding hydrogens is 274 g/mol. The molecule has 9 heteroatoms. The maximum absolute atomic E-state index is 10.4. The van der Waals surface area contributed by atoms with E-state index in [4.69, 9.17) is 5.11 Å². The maximum atomic E-state index is 10.4. The number of hydrogen-bond acceptors (Lipinski definition) is 7. The van der Waals surface area contributed by atoms with E-state index in [1.54, 1.807) is 0 Å². The summed E-state index contributed by atoms with van der Waals surface area (Å²) in [5, 5.41) is 19.8. The summed E-state index contributed by atoms with van der Waals surface area (Å²) >= 11 is 2.32. The number of aliphatic carboxylic acids is 1. The molecule has 0 amide bonds. The molecule has 0 bridgehead atoms. The molecule has 2 N–H and O–H groups in total. The number of H-pyrrole nitrogens is 1. The minimum Gasteiger partial charge on any atom is -0.481 e. The number of nitrogens with zero attached hydrogens (tertiary/aromatic N) is 4. The fourth-order valence-corrected chi connectivity index (χ4v) is 2.56. The van der Waals surface area contributed by atoms with Crippen LogP contribution in [0.1, 0.15) is 25.5 Å². The van der Waals surface area contributed by atoms with Crippen LogP contribution >= 0.6 is 23.3 Å². The zero-order valence-electron chi connectivity index (χ0n) is 9.75. The quantitative estimate of drug-likeness (QED) is 0.804. The zero-order chi connectivity index (χ0) is 13.1. The van der Waals surface area contributed by atoms with Gasteiger partial charge in [0.2, 0.25) is 5.16 Å². The largest absolute Gasteiger partial charge is 0.481 e. The van der Waals surface area contributed by atoms with E-state index in [9.17, 15) is 4.79 Å². The summed E-state index contributed by atoms with van der Waals surface area (Å²) in [4.78, 5) is 15.5. The van der Waals surface area contributed by atoms with E-state index in [1.807, 2.05) is 13.8 Å². The van der Waals surface area contributed by atoms with Crippen molar-refractivity contribution in [3.8, 4) is 10.7 Å². The van der Waals surface area contributed by atoms with Crippen molar-refractivity contribution < 1.29 is 9.90 Å². The van der Waals surface area contributed by atoms with Gasteiger partial charge in [-0.2, -0.15) is 0 Å². The molecule has 0 saturated heterocycles. The van der Waals surface area contributed by atoms with Crippen molar-refractivity contribution in [2.24, 2.45) is 0 Å². The molecule has 0 fully saturated rings. The Kier molecular flexibility index (Phi) is 3.92. The van der Waals surface area contributed by atoms with Gasteiger partial charge in [-0.1, -0.05) is 30.1 Å². The van der Waals surface area contributed by atoms with E-state index >= 15 is 0 Å². The lowest BCUT2D eigenvalue weighted by atomic mass is 10.1. The first-order chi connectivity index (χ1) is 8.58. The van der Waals surface area contributed by atoms with E-state index in [0.717, 1.165) is 22.3 Å². The highest BCUT2D eigenvalue weighted by Crippen LogP contribution is 2.29. The van der Waals surface area contributed by atoms with Crippen LogP contribution in [0.25, 0.3) is 10.7 Å². The Morgan fingerprint density at radius 1 is 1.56 bits per heavy atom. The molecule has 2 rings (SSSR count). The van der Waals surface area contributed by atoms with Gasteiger partial charge < -0.3 is 5.11 Å². The van der Waals surface area contributed by atoms with Gasteiger partial charge in [0.05, 0.1) is 11.4 Å². The van der Waals surface area contributed by atoms with Crippen LogP contribution in [0.3, 0.4) is 0 Å².